The van der Waals surface area contributed by atoms with E-state index in [9.17, 15) is 0 Å². The Balaban J connectivity index is 2.75. The van der Waals surface area contributed by atoms with Gasteiger partial charge in [-0.1, -0.05) is 6.42 Å². The average Bonchev–Trinajstić information content (AvgIpc) is 1.80. The van der Waals surface area contributed by atoms with Gasteiger partial charge in [0.25, 0.3) is 0 Å². The number of unbranched alkanes of at least 4 members (excludes halogenated alkanes) is 2. The van der Waals surface area contributed by atoms with Crippen LogP contribution in [0.2, 0.25) is 0 Å². The van der Waals surface area contributed by atoms with Gasteiger partial charge < -0.3 is 5.73 Å². The Kier molecular flexibility index (Phi) is 6.99. The van der Waals surface area contributed by atoms with Gasteiger partial charge in [0.15, 0.2) is 0 Å². The van der Waals surface area contributed by atoms with E-state index in [0.717, 1.165) is 36.3 Å². The highest BCUT2D eigenvalue weighted by atomic mass is 35.5. The predicted octanol–water partition coefficient (Wildman–Crippen LogP) is 1.73. The minimum Gasteiger partial charge on any atom is -0.330 e. The quantitative estimate of drug-likeness (QED) is 0.504. The second kappa shape index (κ2) is 6.62. The number of nitrogens with zero attached hydrogens (tertiary/aromatic N) is 1. The number of hydrogen-bond donors (Lipinski definition) is 1. The van der Waals surface area contributed by atoms with Crippen molar-refractivity contribution in [3.8, 4) is 0 Å². The predicted molar refractivity (Wildman–Crippen MR) is 41.3 cm³/mol. The molecule has 0 aliphatic rings. The summed E-state index contributed by atoms with van der Waals surface area (Å²) in [7, 11) is 0. The van der Waals surface area contributed by atoms with Gasteiger partial charge in [0, 0.05) is 6.54 Å². The summed E-state index contributed by atoms with van der Waals surface area (Å²) in [4.78, 5) is 0. The summed E-state index contributed by atoms with van der Waals surface area (Å²) in [6, 6.07) is 0. The highest BCUT2D eigenvalue weighted by Crippen LogP contribution is 2.02. The van der Waals surface area contributed by atoms with Gasteiger partial charge in [-0.3, -0.25) is 0 Å². The summed E-state index contributed by atoms with van der Waals surface area (Å²) in [5, 5.41) is 0. The molecule has 9 heavy (non-hydrogen) atoms. The van der Waals surface area contributed by atoms with Crippen molar-refractivity contribution in [2.75, 3.05) is 13.1 Å². The molecule has 0 amide bonds. The molecule has 2 nitrogen and oxygen atoms in total. The lowest BCUT2D eigenvalue weighted by atomic mass is 10.2. The molecular weight excluding hydrogens is 159 g/mol. The van der Waals surface area contributed by atoms with Crippen LogP contribution in [0.5, 0.6) is 0 Å². The summed E-state index contributed by atoms with van der Waals surface area (Å²) < 4.78 is 1.15. The molecule has 2 N–H and O–H groups in total. The number of nitrogens with two attached hydrogens (primary N) is 1. The van der Waals surface area contributed by atoms with E-state index < -0.39 is 0 Å². The molecule has 0 bridgehead atoms. The number of halogens is 2. The zero-order valence-corrected chi connectivity index (χ0v) is 6.83. The van der Waals surface area contributed by atoms with Crippen LogP contribution in [-0.4, -0.2) is 17.0 Å². The normalized spacial score (nSPS) is 10.7. The molecule has 0 rings (SSSR count). The van der Waals surface area contributed by atoms with Crippen LogP contribution in [-0.2, 0) is 0 Å². The van der Waals surface area contributed by atoms with Crippen LogP contribution in [0.3, 0.4) is 0 Å². The Labute approximate surface area is 66.1 Å². The fraction of sp³-hybridized carbons (Fsp3) is 1.00. The first-order valence-corrected chi connectivity index (χ1v) is 3.74. The van der Waals surface area contributed by atoms with Crippen molar-refractivity contribution in [3.05, 3.63) is 0 Å². The van der Waals surface area contributed by atoms with Crippen LogP contribution in [0.4, 0.5) is 0 Å². The molecule has 0 aliphatic heterocycles. The Morgan fingerprint density at radius 2 is 1.78 bits per heavy atom. The van der Waals surface area contributed by atoms with Gasteiger partial charge in [0.05, 0.1) is 0 Å². The lowest BCUT2D eigenvalue weighted by Gasteiger charge is -2.01. The van der Waals surface area contributed by atoms with Gasteiger partial charge in [-0.25, -0.2) is 0 Å². The second-order valence-corrected chi connectivity index (χ2v) is 2.87. The molecule has 0 spiro atoms. The molecule has 0 aromatic rings. The standard InChI is InChI=1S/C5H12Cl2N2/c6-9(7)5-3-1-2-4-8/h1-5,8H2. The first-order valence-electron chi connectivity index (χ1n) is 3.06. The van der Waals surface area contributed by atoms with E-state index >= 15 is 0 Å². The van der Waals surface area contributed by atoms with Crippen LogP contribution in [0, 0.1) is 0 Å². The van der Waals surface area contributed by atoms with E-state index in [0.29, 0.717) is 0 Å². The maximum absolute atomic E-state index is 5.32. The van der Waals surface area contributed by atoms with E-state index in [1.807, 2.05) is 0 Å². The van der Waals surface area contributed by atoms with Gasteiger partial charge >= 0.3 is 0 Å². The Hall–Kier alpha value is 0.500. The summed E-state index contributed by atoms with van der Waals surface area (Å²) in [5.74, 6) is 0. The molecule has 0 fully saturated rings. The van der Waals surface area contributed by atoms with Crippen molar-refractivity contribution in [3.63, 3.8) is 0 Å². The molecule has 56 valence electrons. The Bertz CT molecular complexity index is 58.9. The van der Waals surface area contributed by atoms with Gasteiger partial charge in [0.1, 0.15) is 0 Å². The summed E-state index contributed by atoms with van der Waals surface area (Å²) in [6.45, 7) is 1.48. The van der Waals surface area contributed by atoms with E-state index in [1.54, 1.807) is 0 Å². The molecule has 0 saturated heterocycles. The Morgan fingerprint density at radius 1 is 1.11 bits per heavy atom. The third kappa shape index (κ3) is 8.50. The third-order valence-electron chi connectivity index (χ3n) is 1.03. The molecule has 0 heterocycles. The lowest BCUT2D eigenvalue weighted by Crippen LogP contribution is -2.02. The minimum atomic E-state index is 0.725. The van der Waals surface area contributed by atoms with Crippen molar-refractivity contribution in [2.45, 2.75) is 19.3 Å². The maximum Gasteiger partial charge on any atom is 0.0304 e. The zero-order valence-electron chi connectivity index (χ0n) is 5.32. The van der Waals surface area contributed by atoms with E-state index in [-0.39, 0.29) is 0 Å². The minimum absolute atomic E-state index is 0.725. The fourth-order valence-corrected chi connectivity index (χ4v) is 0.791. The molecule has 0 aromatic carbocycles. The first-order chi connectivity index (χ1) is 4.27. The van der Waals surface area contributed by atoms with Crippen molar-refractivity contribution >= 4 is 23.6 Å². The molecule has 0 aliphatic carbocycles. The smallest absolute Gasteiger partial charge is 0.0304 e. The SMILES string of the molecule is NCCCCCN(Cl)Cl. The van der Waals surface area contributed by atoms with E-state index in [2.05, 4.69) is 0 Å². The van der Waals surface area contributed by atoms with Crippen molar-refractivity contribution in [1.29, 1.82) is 0 Å². The van der Waals surface area contributed by atoms with Crippen molar-refractivity contribution < 1.29 is 0 Å². The first kappa shape index (κ1) is 9.50. The second-order valence-electron chi connectivity index (χ2n) is 1.88. The van der Waals surface area contributed by atoms with Crippen LogP contribution in [0.15, 0.2) is 0 Å². The highest BCUT2D eigenvalue weighted by Gasteiger charge is 1.92. The lowest BCUT2D eigenvalue weighted by molar-refractivity contribution is 0.599. The van der Waals surface area contributed by atoms with Crippen LogP contribution < -0.4 is 5.73 Å². The molecular formula is C5H12Cl2N2. The zero-order chi connectivity index (χ0) is 7.11. The Morgan fingerprint density at radius 3 is 2.22 bits per heavy atom. The van der Waals surface area contributed by atoms with E-state index in [1.165, 1.54) is 0 Å². The monoisotopic (exact) mass is 170 g/mol. The highest BCUT2D eigenvalue weighted by molar-refractivity contribution is 6.33. The average molecular weight is 171 g/mol. The maximum atomic E-state index is 5.32. The van der Waals surface area contributed by atoms with E-state index in [4.69, 9.17) is 29.3 Å². The van der Waals surface area contributed by atoms with Gasteiger partial charge in [-0.05, 0) is 42.9 Å². The summed E-state index contributed by atoms with van der Waals surface area (Å²) in [5.41, 5.74) is 5.27. The molecule has 0 atom stereocenters. The molecule has 0 radical (unpaired) electrons. The molecule has 0 aromatic heterocycles. The van der Waals surface area contributed by atoms with Gasteiger partial charge in [-0.2, -0.15) is 0 Å². The van der Waals surface area contributed by atoms with Gasteiger partial charge in [-0.15, -0.1) is 3.94 Å². The third-order valence-corrected chi connectivity index (χ3v) is 1.37. The number of hydrogen-bond acceptors (Lipinski definition) is 2. The fourth-order valence-electron chi connectivity index (χ4n) is 0.552. The number of rotatable bonds is 5. The van der Waals surface area contributed by atoms with Crippen LogP contribution in [0.25, 0.3) is 0 Å². The molecule has 0 saturated carbocycles. The summed E-state index contributed by atoms with van der Waals surface area (Å²) >= 11 is 10.6. The van der Waals surface area contributed by atoms with Crippen LogP contribution in [0.1, 0.15) is 19.3 Å². The largest absolute Gasteiger partial charge is 0.330 e. The van der Waals surface area contributed by atoms with Crippen LogP contribution >= 0.6 is 23.6 Å². The van der Waals surface area contributed by atoms with Crippen molar-refractivity contribution in [2.24, 2.45) is 5.73 Å². The molecule has 0 unspecified atom stereocenters. The topological polar surface area (TPSA) is 29.3 Å². The van der Waals surface area contributed by atoms with Gasteiger partial charge in [0.2, 0.25) is 0 Å². The van der Waals surface area contributed by atoms with Crippen molar-refractivity contribution in [1.82, 2.24) is 3.94 Å². The summed E-state index contributed by atoms with van der Waals surface area (Å²) in [6.07, 6.45) is 3.18. The molecule has 4 heteroatoms.